The lowest BCUT2D eigenvalue weighted by atomic mass is 10.1. The Kier molecular flexibility index (Phi) is 17.5. The van der Waals surface area contributed by atoms with E-state index < -0.39 is 0 Å². The van der Waals surface area contributed by atoms with Gasteiger partial charge in [-0.2, -0.15) is 0 Å². The third-order valence-corrected chi connectivity index (χ3v) is 3.66. The lowest BCUT2D eigenvalue weighted by molar-refractivity contribution is 0.570. The van der Waals surface area contributed by atoms with Gasteiger partial charge in [-0.1, -0.05) is 96.6 Å². The molecule has 0 heterocycles. The molecule has 0 N–H and O–H groups in total. The average molecular weight is 264 g/mol. The summed E-state index contributed by atoms with van der Waals surface area (Å²) in [6.45, 7) is 7.75. The van der Waals surface area contributed by atoms with E-state index in [0.717, 1.165) is 12.8 Å². The molecule has 0 nitrogen and oxygen atoms in total. The quantitative estimate of drug-likeness (QED) is 0.219. The van der Waals surface area contributed by atoms with Gasteiger partial charge in [0.05, 0.1) is 0 Å². The van der Waals surface area contributed by atoms with Crippen LogP contribution in [0.2, 0.25) is 0 Å². The third-order valence-electron chi connectivity index (χ3n) is 3.66. The molecule has 19 heavy (non-hydrogen) atoms. The van der Waals surface area contributed by atoms with Crippen molar-refractivity contribution in [1.82, 2.24) is 0 Å². The van der Waals surface area contributed by atoms with Gasteiger partial charge in [0.2, 0.25) is 0 Å². The Morgan fingerprint density at radius 3 is 1.16 bits per heavy atom. The molecule has 2 radical (unpaired) electrons. The maximum atomic E-state index is 3.88. The second-order valence-corrected chi connectivity index (χ2v) is 5.64. The first-order valence-electron chi connectivity index (χ1n) is 8.65. The highest BCUT2D eigenvalue weighted by molar-refractivity contribution is 4.81. The maximum absolute atomic E-state index is 3.88. The van der Waals surface area contributed by atoms with Crippen LogP contribution in [0.3, 0.4) is 0 Å². The summed E-state index contributed by atoms with van der Waals surface area (Å²) in [5, 5.41) is 0. The highest BCUT2D eigenvalue weighted by atomic mass is 14.0. The Labute approximate surface area is 123 Å². The van der Waals surface area contributed by atoms with E-state index in [1.165, 1.54) is 83.5 Å². The summed E-state index contributed by atoms with van der Waals surface area (Å²) in [7, 11) is 0. The molecule has 0 amide bonds. The number of hydrogen-bond donors (Lipinski definition) is 0. The predicted molar refractivity (Wildman–Crippen MR) is 89.1 cm³/mol. The highest BCUT2D eigenvalue weighted by Gasteiger charge is 1.91. The van der Waals surface area contributed by atoms with E-state index in [-0.39, 0.29) is 0 Å². The molecule has 0 aliphatic rings. The van der Waals surface area contributed by atoms with Crippen LogP contribution in [0.15, 0.2) is 12.2 Å². The van der Waals surface area contributed by atoms with Gasteiger partial charge in [0.15, 0.2) is 0 Å². The van der Waals surface area contributed by atoms with Crippen molar-refractivity contribution in [2.45, 2.75) is 96.3 Å². The van der Waals surface area contributed by atoms with Crippen LogP contribution >= 0.6 is 0 Å². The molecule has 0 aromatic rings. The monoisotopic (exact) mass is 264 g/mol. The standard InChI is InChI=1S/C19H36/c1-3-5-7-9-11-13-15-17-19-18-16-14-12-10-8-6-4-2/h13,15H,1-12,14,16-19H2. The molecule has 0 fully saturated rings. The topological polar surface area (TPSA) is 0 Å². The zero-order valence-corrected chi connectivity index (χ0v) is 13.2. The number of unbranched alkanes of at least 4 members (excludes halogenated alkanes) is 13. The van der Waals surface area contributed by atoms with Crippen molar-refractivity contribution in [3.63, 3.8) is 0 Å². The molecule has 0 rings (SSSR count). The molecule has 0 aliphatic carbocycles. The lowest BCUT2D eigenvalue weighted by Crippen LogP contribution is -1.80. The summed E-state index contributed by atoms with van der Waals surface area (Å²) in [4.78, 5) is 0. The summed E-state index contributed by atoms with van der Waals surface area (Å²) < 4.78 is 0. The Hall–Kier alpha value is -0.260. The van der Waals surface area contributed by atoms with Crippen molar-refractivity contribution >= 4 is 0 Å². The predicted octanol–water partition coefficient (Wildman–Crippen LogP) is 7.06. The van der Waals surface area contributed by atoms with E-state index in [1.54, 1.807) is 0 Å². The maximum Gasteiger partial charge on any atom is -0.0351 e. The average Bonchev–Trinajstić information content (AvgIpc) is 2.43. The van der Waals surface area contributed by atoms with Crippen LogP contribution in [0.1, 0.15) is 96.3 Å². The largest absolute Gasteiger partial charge is 0.0885 e. The first kappa shape index (κ1) is 18.7. The van der Waals surface area contributed by atoms with E-state index in [9.17, 15) is 0 Å². The summed E-state index contributed by atoms with van der Waals surface area (Å²) in [5.41, 5.74) is 0. The minimum atomic E-state index is 1.10. The fraction of sp³-hybridized carbons (Fsp3) is 0.789. The van der Waals surface area contributed by atoms with Crippen molar-refractivity contribution in [3.8, 4) is 0 Å². The number of allylic oxidation sites excluding steroid dienone is 2. The number of rotatable bonds is 15. The molecular weight excluding hydrogens is 228 g/mol. The summed E-state index contributed by atoms with van der Waals surface area (Å²) >= 11 is 0. The first-order valence-corrected chi connectivity index (χ1v) is 8.65. The normalized spacial score (nSPS) is 11.5. The molecule has 112 valence electrons. The van der Waals surface area contributed by atoms with Gasteiger partial charge in [0.1, 0.15) is 0 Å². The SMILES string of the molecule is [CH2]CCCCCC=CCCCCCCCCCC[CH2]. The van der Waals surface area contributed by atoms with Crippen LogP contribution in [0.4, 0.5) is 0 Å². The second kappa shape index (κ2) is 17.7. The van der Waals surface area contributed by atoms with E-state index >= 15 is 0 Å². The minimum Gasteiger partial charge on any atom is -0.0885 e. The highest BCUT2D eigenvalue weighted by Crippen LogP contribution is 2.11. The van der Waals surface area contributed by atoms with Gasteiger partial charge in [-0.25, -0.2) is 0 Å². The van der Waals surface area contributed by atoms with E-state index in [1.807, 2.05) is 0 Å². The van der Waals surface area contributed by atoms with Crippen molar-refractivity contribution in [3.05, 3.63) is 26.0 Å². The summed E-state index contributed by atoms with van der Waals surface area (Å²) in [6.07, 6.45) is 24.8. The molecular formula is C19H36. The van der Waals surface area contributed by atoms with Crippen LogP contribution in [-0.2, 0) is 0 Å². The van der Waals surface area contributed by atoms with Crippen molar-refractivity contribution < 1.29 is 0 Å². The van der Waals surface area contributed by atoms with Crippen LogP contribution < -0.4 is 0 Å². The van der Waals surface area contributed by atoms with Gasteiger partial charge in [-0.15, -0.1) is 0 Å². The van der Waals surface area contributed by atoms with Gasteiger partial charge in [0, 0.05) is 0 Å². The van der Waals surface area contributed by atoms with Crippen LogP contribution in [0.5, 0.6) is 0 Å². The third kappa shape index (κ3) is 17.7. The smallest absolute Gasteiger partial charge is 0.0351 e. The van der Waals surface area contributed by atoms with Gasteiger partial charge < -0.3 is 0 Å². The molecule has 0 spiro atoms. The molecule has 0 saturated heterocycles. The van der Waals surface area contributed by atoms with E-state index in [0.29, 0.717) is 0 Å². The van der Waals surface area contributed by atoms with Crippen molar-refractivity contribution in [2.24, 2.45) is 0 Å². The minimum absolute atomic E-state index is 1.10. The van der Waals surface area contributed by atoms with Crippen molar-refractivity contribution in [2.75, 3.05) is 0 Å². The first-order chi connectivity index (χ1) is 9.41. The van der Waals surface area contributed by atoms with Crippen LogP contribution in [-0.4, -0.2) is 0 Å². The second-order valence-electron chi connectivity index (χ2n) is 5.64. The Morgan fingerprint density at radius 2 is 0.737 bits per heavy atom. The summed E-state index contributed by atoms with van der Waals surface area (Å²) in [6, 6.07) is 0. The van der Waals surface area contributed by atoms with Gasteiger partial charge in [0.25, 0.3) is 0 Å². The molecule has 0 heteroatoms. The lowest BCUT2D eigenvalue weighted by Gasteiger charge is -2.00. The van der Waals surface area contributed by atoms with Gasteiger partial charge in [-0.05, 0) is 25.7 Å². The molecule has 0 bridgehead atoms. The molecule has 0 aromatic heterocycles. The molecule has 0 unspecified atom stereocenters. The Balaban J connectivity index is 2.99. The molecule has 0 saturated carbocycles. The van der Waals surface area contributed by atoms with E-state index in [4.69, 9.17) is 0 Å². The van der Waals surface area contributed by atoms with Gasteiger partial charge >= 0.3 is 0 Å². The fourth-order valence-electron chi connectivity index (χ4n) is 2.35. The molecule has 0 aromatic carbocycles. The Morgan fingerprint density at radius 1 is 0.421 bits per heavy atom. The molecule has 0 atom stereocenters. The van der Waals surface area contributed by atoms with Crippen molar-refractivity contribution in [1.29, 1.82) is 0 Å². The van der Waals surface area contributed by atoms with Gasteiger partial charge in [-0.3, -0.25) is 0 Å². The zero-order chi connectivity index (χ0) is 14.0. The van der Waals surface area contributed by atoms with E-state index in [2.05, 4.69) is 26.0 Å². The molecule has 0 aliphatic heterocycles. The fourth-order valence-corrected chi connectivity index (χ4v) is 2.35. The summed E-state index contributed by atoms with van der Waals surface area (Å²) in [5.74, 6) is 0. The van der Waals surface area contributed by atoms with Crippen LogP contribution in [0.25, 0.3) is 0 Å². The number of hydrogen-bond acceptors (Lipinski definition) is 0. The van der Waals surface area contributed by atoms with Crippen LogP contribution in [0, 0.1) is 13.8 Å². The zero-order valence-electron chi connectivity index (χ0n) is 13.2. The Bertz CT molecular complexity index is 169.